The molecule has 0 unspecified atom stereocenters. The molecular formula is C15H18O2. The molecule has 2 aromatic rings. The van der Waals surface area contributed by atoms with E-state index >= 15 is 0 Å². The first-order valence-corrected chi connectivity index (χ1v) is 5.84. The van der Waals surface area contributed by atoms with Crippen molar-refractivity contribution < 1.29 is 9.21 Å². The molecular weight excluding hydrogens is 212 g/mol. The number of carbonyl (C=O) groups excluding carboxylic acids is 1. The summed E-state index contributed by atoms with van der Waals surface area (Å²) in [7, 11) is 0. The Hall–Kier alpha value is -1.57. The van der Waals surface area contributed by atoms with Crippen LogP contribution in [0.2, 0.25) is 0 Å². The van der Waals surface area contributed by atoms with E-state index in [-0.39, 0.29) is 11.2 Å². The molecule has 0 radical (unpaired) electrons. The zero-order chi connectivity index (χ0) is 12.8. The molecule has 17 heavy (non-hydrogen) atoms. The quantitative estimate of drug-likeness (QED) is 0.686. The Morgan fingerprint density at radius 3 is 2.35 bits per heavy atom. The van der Waals surface area contributed by atoms with Crippen molar-refractivity contribution in [2.45, 2.75) is 40.0 Å². The normalized spacial score (nSPS) is 12.1. The van der Waals surface area contributed by atoms with Crippen LogP contribution in [-0.4, -0.2) is 5.78 Å². The number of carbonyl (C=O) groups is 1. The van der Waals surface area contributed by atoms with Gasteiger partial charge in [-0.3, -0.25) is 4.79 Å². The first-order valence-electron chi connectivity index (χ1n) is 5.84. The first kappa shape index (κ1) is 11.9. The molecule has 0 aliphatic heterocycles. The number of ketones is 1. The molecule has 0 fully saturated rings. The number of hydrogen-bond acceptors (Lipinski definition) is 2. The van der Waals surface area contributed by atoms with Crippen LogP contribution in [0.4, 0.5) is 0 Å². The molecule has 0 saturated heterocycles. The smallest absolute Gasteiger partial charge is 0.194 e. The van der Waals surface area contributed by atoms with Crippen molar-refractivity contribution in [3.63, 3.8) is 0 Å². The van der Waals surface area contributed by atoms with E-state index in [0.29, 0.717) is 5.76 Å². The zero-order valence-electron chi connectivity index (χ0n) is 11.0. The van der Waals surface area contributed by atoms with Crippen molar-refractivity contribution >= 4 is 16.8 Å². The molecule has 0 aliphatic carbocycles. The second kappa shape index (κ2) is 3.73. The van der Waals surface area contributed by atoms with Crippen LogP contribution >= 0.6 is 0 Å². The molecule has 1 aromatic carbocycles. The van der Waals surface area contributed by atoms with E-state index in [4.69, 9.17) is 4.42 Å². The van der Waals surface area contributed by atoms with Crippen LogP contribution in [0.5, 0.6) is 0 Å². The lowest BCUT2D eigenvalue weighted by Gasteiger charge is -2.19. The molecule has 0 saturated carbocycles. The van der Waals surface area contributed by atoms with Gasteiger partial charge in [0.05, 0.1) is 0 Å². The van der Waals surface area contributed by atoms with Crippen LogP contribution in [-0.2, 0) is 5.41 Å². The highest BCUT2D eigenvalue weighted by Gasteiger charge is 2.21. The topological polar surface area (TPSA) is 30.2 Å². The van der Waals surface area contributed by atoms with Gasteiger partial charge in [-0.1, -0.05) is 26.8 Å². The monoisotopic (exact) mass is 230 g/mol. The highest BCUT2D eigenvalue weighted by atomic mass is 16.3. The van der Waals surface area contributed by atoms with Crippen LogP contribution in [0.1, 0.15) is 49.4 Å². The van der Waals surface area contributed by atoms with E-state index in [1.807, 2.05) is 6.07 Å². The summed E-state index contributed by atoms with van der Waals surface area (Å²) in [5, 5.41) is 1.01. The molecule has 2 heteroatoms. The summed E-state index contributed by atoms with van der Waals surface area (Å²) in [5.41, 5.74) is 3.20. The van der Waals surface area contributed by atoms with Gasteiger partial charge in [-0.25, -0.2) is 0 Å². The molecule has 0 amide bonds. The van der Waals surface area contributed by atoms with Gasteiger partial charge in [0.2, 0.25) is 0 Å². The van der Waals surface area contributed by atoms with Gasteiger partial charge in [0.25, 0.3) is 0 Å². The lowest BCUT2D eigenvalue weighted by molar-refractivity contribution is 0.0989. The number of furan rings is 1. The maximum absolute atomic E-state index is 11.4. The molecule has 90 valence electrons. The van der Waals surface area contributed by atoms with Gasteiger partial charge in [-0.05, 0) is 30.0 Å². The Balaban J connectivity index is 2.79. The molecule has 0 bridgehead atoms. The van der Waals surface area contributed by atoms with Crippen molar-refractivity contribution in [3.8, 4) is 0 Å². The summed E-state index contributed by atoms with van der Waals surface area (Å²) in [6.07, 6.45) is 0. The highest BCUT2D eigenvalue weighted by molar-refractivity contribution is 5.96. The number of rotatable bonds is 1. The number of fused-ring (bicyclic) bond motifs is 1. The number of benzene rings is 1. The minimum atomic E-state index is -0.0290. The van der Waals surface area contributed by atoms with E-state index < -0.39 is 0 Å². The fourth-order valence-electron chi connectivity index (χ4n) is 2.03. The van der Waals surface area contributed by atoms with Crippen molar-refractivity contribution in [2.24, 2.45) is 0 Å². The molecule has 0 atom stereocenters. The fraction of sp³-hybridized carbons (Fsp3) is 0.400. The van der Waals surface area contributed by atoms with Gasteiger partial charge in [-0.2, -0.15) is 0 Å². The molecule has 1 heterocycles. The Labute approximate surface area is 102 Å². The van der Waals surface area contributed by atoms with Crippen molar-refractivity contribution in [1.29, 1.82) is 0 Å². The zero-order valence-corrected chi connectivity index (χ0v) is 11.0. The molecule has 1 aromatic heterocycles. The SMILES string of the molecule is CC(=O)c1cc2cc(C)cc(C(C)(C)C)c2o1. The average molecular weight is 230 g/mol. The maximum atomic E-state index is 11.4. The molecule has 0 aliphatic rings. The van der Waals surface area contributed by atoms with Crippen molar-refractivity contribution in [3.05, 3.63) is 35.1 Å². The highest BCUT2D eigenvalue weighted by Crippen LogP contribution is 2.33. The number of hydrogen-bond donors (Lipinski definition) is 0. The van der Waals surface area contributed by atoms with Gasteiger partial charge in [0, 0.05) is 17.9 Å². The van der Waals surface area contributed by atoms with E-state index in [1.165, 1.54) is 12.5 Å². The van der Waals surface area contributed by atoms with Gasteiger partial charge in [0.1, 0.15) is 5.58 Å². The fourth-order valence-corrected chi connectivity index (χ4v) is 2.03. The lowest BCUT2D eigenvalue weighted by atomic mass is 9.85. The molecule has 2 rings (SSSR count). The summed E-state index contributed by atoms with van der Waals surface area (Å²) in [5.74, 6) is 0.412. The lowest BCUT2D eigenvalue weighted by Crippen LogP contribution is -2.11. The van der Waals surface area contributed by atoms with Crippen LogP contribution in [0.25, 0.3) is 11.0 Å². The minimum Gasteiger partial charge on any atom is -0.453 e. The van der Waals surface area contributed by atoms with E-state index in [1.54, 1.807) is 0 Å². The van der Waals surface area contributed by atoms with E-state index in [0.717, 1.165) is 16.5 Å². The van der Waals surface area contributed by atoms with Crippen LogP contribution < -0.4 is 0 Å². The number of Topliss-reactive ketones (excluding diaryl/α,β-unsaturated/α-hetero) is 1. The first-order chi connectivity index (χ1) is 7.79. The van der Waals surface area contributed by atoms with Crippen LogP contribution in [0.3, 0.4) is 0 Å². The van der Waals surface area contributed by atoms with Crippen LogP contribution in [0.15, 0.2) is 22.6 Å². The van der Waals surface area contributed by atoms with Gasteiger partial charge in [0.15, 0.2) is 11.5 Å². The van der Waals surface area contributed by atoms with Gasteiger partial charge in [-0.15, -0.1) is 0 Å². The predicted molar refractivity (Wildman–Crippen MR) is 69.7 cm³/mol. The Kier molecular flexibility index (Phi) is 2.61. The number of aryl methyl sites for hydroxylation is 1. The molecule has 2 nitrogen and oxygen atoms in total. The average Bonchev–Trinajstić information content (AvgIpc) is 2.58. The third kappa shape index (κ3) is 2.12. The van der Waals surface area contributed by atoms with Gasteiger partial charge >= 0.3 is 0 Å². The van der Waals surface area contributed by atoms with Crippen molar-refractivity contribution in [1.82, 2.24) is 0 Å². The Morgan fingerprint density at radius 2 is 1.82 bits per heavy atom. The van der Waals surface area contributed by atoms with Gasteiger partial charge < -0.3 is 4.42 Å². The predicted octanol–water partition coefficient (Wildman–Crippen LogP) is 4.24. The summed E-state index contributed by atoms with van der Waals surface area (Å²) < 4.78 is 5.69. The summed E-state index contributed by atoms with van der Waals surface area (Å²) in [4.78, 5) is 11.4. The van der Waals surface area contributed by atoms with Crippen LogP contribution in [0, 0.1) is 6.92 Å². The second-order valence-electron chi connectivity index (χ2n) is 5.65. The maximum Gasteiger partial charge on any atom is 0.194 e. The summed E-state index contributed by atoms with van der Waals surface area (Å²) in [6, 6.07) is 6.02. The van der Waals surface area contributed by atoms with E-state index in [2.05, 4.69) is 39.8 Å². The van der Waals surface area contributed by atoms with E-state index in [9.17, 15) is 4.79 Å². The summed E-state index contributed by atoms with van der Waals surface area (Å²) >= 11 is 0. The minimum absolute atomic E-state index is 0.0101. The second-order valence-corrected chi connectivity index (χ2v) is 5.65. The third-order valence-corrected chi connectivity index (χ3v) is 2.92. The Morgan fingerprint density at radius 1 is 1.18 bits per heavy atom. The Bertz CT molecular complexity index is 583. The third-order valence-electron chi connectivity index (χ3n) is 2.92. The standard InChI is InChI=1S/C15H18O2/c1-9-6-11-8-13(10(2)16)17-14(11)12(7-9)15(3,4)5/h6-8H,1-5H3. The molecule has 0 spiro atoms. The molecule has 0 N–H and O–H groups in total. The van der Waals surface area contributed by atoms with Crippen molar-refractivity contribution in [2.75, 3.05) is 0 Å². The largest absolute Gasteiger partial charge is 0.453 e. The summed E-state index contributed by atoms with van der Waals surface area (Å²) in [6.45, 7) is 10.0.